The van der Waals surface area contributed by atoms with Crippen LogP contribution in [0.5, 0.6) is 5.75 Å². The van der Waals surface area contributed by atoms with E-state index in [0.717, 1.165) is 23.8 Å². The van der Waals surface area contributed by atoms with Gasteiger partial charge < -0.3 is 100 Å². The van der Waals surface area contributed by atoms with Gasteiger partial charge in [-0.2, -0.15) is 35.3 Å². The van der Waals surface area contributed by atoms with Gasteiger partial charge in [0.05, 0.1) is 13.0 Å². The van der Waals surface area contributed by atoms with Gasteiger partial charge in [0.2, 0.25) is 65.0 Å². The molecule has 2 aromatic carbocycles. The van der Waals surface area contributed by atoms with E-state index in [1.54, 1.807) is 62.3 Å². The van der Waals surface area contributed by atoms with Gasteiger partial charge in [-0.25, -0.2) is 0 Å². The number of hydrogen-bond acceptors (Lipinski definition) is 21. The van der Waals surface area contributed by atoms with Crippen LogP contribution in [0.1, 0.15) is 134 Å². The Hall–Kier alpha value is -9.85. The minimum atomic E-state index is -1.91. The Morgan fingerprint density at radius 1 is 0.685 bits per heavy atom. The molecule has 108 heavy (non-hydrogen) atoms. The molecule has 0 radical (unpaired) electrons. The number of nitrogens with two attached hydrogens (primary N) is 4. The van der Waals surface area contributed by atoms with Crippen LogP contribution in [0.2, 0.25) is 0 Å². The van der Waals surface area contributed by atoms with Crippen molar-refractivity contribution in [2.45, 2.75) is 195 Å². The number of rotatable bonds is 22. The van der Waals surface area contributed by atoms with Crippen LogP contribution in [-0.4, -0.2) is 226 Å². The number of carbonyl (C=O) groups is 14. The number of oxime groups is 1. The van der Waals surface area contributed by atoms with E-state index in [1.807, 2.05) is 24.5 Å². The molecule has 12 amide bonds. The van der Waals surface area contributed by atoms with Crippen molar-refractivity contribution in [3.63, 3.8) is 0 Å². The van der Waals surface area contributed by atoms with Crippen molar-refractivity contribution in [3.05, 3.63) is 65.4 Å². The number of aliphatic carboxylic acids is 2. The van der Waals surface area contributed by atoms with Crippen LogP contribution >= 0.6 is 35.3 Å². The minimum Gasteiger partial charge on any atom is -0.494 e. The first kappa shape index (κ1) is 88.8. The monoisotopic (exact) mass is 1570 g/mol. The quantitative estimate of drug-likeness (QED) is 0.0351. The summed E-state index contributed by atoms with van der Waals surface area (Å²) < 4.78 is 6.17. The number of hydrogen-bond donors (Lipinski definition) is 16. The van der Waals surface area contributed by atoms with Crippen molar-refractivity contribution in [1.29, 1.82) is 0 Å². The first-order valence-corrected chi connectivity index (χ1v) is 39.6. The van der Waals surface area contributed by atoms with Gasteiger partial charge in [-0.1, -0.05) is 49.7 Å². The molecule has 1 saturated heterocycles. The van der Waals surface area contributed by atoms with Crippen LogP contribution in [0.25, 0.3) is 10.9 Å². The number of nitrogens with zero attached hydrogens (tertiary/aromatic N) is 3. The lowest BCUT2D eigenvalue weighted by molar-refractivity contribution is -0.143. The molecule has 20 N–H and O–H groups in total. The number of benzene rings is 2. The number of carboxylic acids is 2. The van der Waals surface area contributed by atoms with Crippen molar-refractivity contribution in [2.24, 2.45) is 39.0 Å². The van der Waals surface area contributed by atoms with E-state index in [4.69, 9.17) is 32.5 Å². The Kier molecular flexibility index (Phi) is 38.1. The summed E-state index contributed by atoms with van der Waals surface area (Å²) in [6.45, 7) is 5.30. The van der Waals surface area contributed by atoms with Gasteiger partial charge >= 0.3 is 11.9 Å². The van der Waals surface area contributed by atoms with E-state index in [0.29, 0.717) is 66.0 Å². The number of aromatic amines is 1. The molecule has 2 aliphatic rings. The fourth-order valence-corrected chi connectivity index (χ4v) is 13.8. The number of carbonyl (C=O) groups excluding carboxylic acids is 12. The van der Waals surface area contributed by atoms with Gasteiger partial charge in [-0.15, -0.1) is 0 Å². The molecular weight excluding hydrogens is 1460 g/mol. The first-order valence-electron chi connectivity index (χ1n) is 35.6. The number of amides is 12. The second kappa shape index (κ2) is 46.4. The SMILES string of the molecule is CC[C@H](C)[C@@H]1NC(=O)[C@H](CC(=O)O)NC(=O)[C@H](CCSC)NC(=O)[C@@H]2CCCN2C(=O)[C@H](C)NC(=O)[C@H](CCCN=C(N)N)NC(=O)C=NOCCCCCCOc2cc(CSC)cc(c2)CSC[C@@H](C(N)=O)NC(=O)[C@H](CCC(=O)O)NC(=O)[C@H](CCC(N)=O)NC(=O)[C@H](Cc2c[nH]c3ccccc23)NC1=O. The van der Waals surface area contributed by atoms with Gasteiger partial charge in [0, 0.05) is 66.7 Å². The third-order valence-electron chi connectivity index (χ3n) is 17.7. The fourth-order valence-electron chi connectivity index (χ4n) is 11.8. The fraction of sp³-hybridized carbons (Fsp3) is 0.571. The number of guanidine groups is 1. The number of H-pyrrole nitrogens is 1. The number of primary amides is 2. The molecular formula is C70H103N17O18S3. The topological polar surface area (TPSA) is 554 Å². The van der Waals surface area contributed by atoms with Crippen molar-refractivity contribution in [2.75, 3.05) is 50.3 Å². The second-order valence-electron chi connectivity index (χ2n) is 26.2. The molecule has 0 aliphatic carbocycles. The molecule has 0 saturated carbocycles. The smallest absolute Gasteiger partial charge is 0.305 e. The Bertz CT molecular complexity index is 3670. The lowest BCUT2D eigenvalue weighted by Gasteiger charge is -2.30. The molecule has 35 nitrogen and oxygen atoms in total. The van der Waals surface area contributed by atoms with E-state index in [-0.39, 0.29) is 75.7 Å². The normalized spacial score (nSPS) is 23.5. The predicted octanol–water partition coefficient (Wildman–Crippen LogP) is -0.221. The van der Waals surface area contributed by atoms with E-state index in [1.165, 1.54) is 35.3 Å². The van der Waals surface area contributed by atoms with Gasteiger partial charge in [0.15, 0.2) is 5.96 Å². The highest BCUT2D eigenvalue weighted by atomic mass is 32.2. The molecule has 0 unspecified atom stereocenters. The van der Waals surface area contributed by atoms with Crippen molar-refractivity contribution in [1.82, 2.24) is 57.7 Å². The summed E-state index contributed by atoms with van der Waals surface area (Å²) in [4.78, 5) is 207. The summed E-state index contributed by atoms with van der Waals surface area (Å²) in [6, 6.07) is -2.34. The minimum absolute atomic E-state index is 0.00988. The number of fused-ring (bicyclic) bond motifs is 4. The van der Waals surface area contributed by atoms with Gasteiger partial charge in [-0.05, 0) is 137 Å². The standard InChI is InChI=1S/C70H103N17O18S3/c1-6-39(2)59-68(102)84-51(32-43-34-76-46-16-10-9-15-45(43)46)65(99)81-48(19-21-55(71)88)62(96)80-49(20-22-57(90)91)63(97)85-53(60(72)94)38-108-37-42-29-41(36-107-5)30-44(31-42)104-26-11-7-8-12-27-105-77-35-56(89)79-47(17-13-24-75-70(73)74)61(95)78-40(3)69(103)87-25-14-18-54(87)67(101)82-50(23-28-106-4)64(98)83-52(33-58(92)93)66(100)86-59/h9-10,15-16,29-31,34-35,39-40,47-54,59,76H,6-8,11-14,17-28,32-33,36-38H2,1-5H3,(H2,71,88)(H2,72,94)(H,78,95)(H,79,89)(H,80,96)(H,81,99)(H,82,101)(H,83,98)(H,84,102)(H,85,97)(H,86,100)(H,90,91)(H,92,93)(H4,73,74,75)/t39-,40-,47-,48-,49-,50-,51-,52-,53-,54-,59-/m0/s1. The Balaban J connectivity index is 1.50. The van der Waals surface area contributed by atoms with Gasteiger partial charge in [0.1, 0.15) is 79.0 Å². The maximum Gasteiger partial charge on any atom is 0.305 e. The van der Waals surface area contributed by atoms with Crippen LogP contribution in [0.4, 0.5) is 0 Å². The highest BCUT2D eigenvalue weighted by Crippen LogP contribution is 2.26. The van der Waals surface area contributed by atoms with Crippen molar-refractivity contribution < 1.29 is 86.9 Å². The number of aliphatic imine (C=N–C) groups is 1. The third kappa shape index (κ3) is 30.4. The molecule has 3 aromatic rings. The summed E-state index contributed by atoms with van der Waals surface area (Å²) >= 11 is 4.11. The average Bonchev–Trinajstić information content (AvgIpc) is 1.66. The number of ether oxygens (including phenoxy) is 1. The summed E-state index contributed by atoms with van der Waals surface area (Å²) in [5, 5.41) is 47.4. The van der Waals surface area contributed by atoms with E-state index < -0.39 is 181 Å². The number of nitrogens with one attached hydrogen (secondary N) is 10. The lowest BCUT2D eigenvalue weighted by Crippen LogP contribution is -2.61. The van der Waals surface area contributed by atoms with Gasteiger partial charge in [0.25, 0.3) is 5.91 Å². The zero-order chi connectivity index (χ0) is 79.4. The molecule has 3 heterocycles. The van der Waals surface area contributed by atoms with Crippen LogP contribution < -0.4 is 75.5 Å². The zero-order valence-corrected chi connectivity index (χ0v) is 63.8. The van der Waals surface area contributed by atoms with E-state index in [2.05, 4.69) is 63.0 Å². The number of aromatic nitrogens is 1. The molecule has 38 heteroatoms. The van der Waals surface area contributed by atoms with Crippen molar-refractivity contribution in [3.8, 4) is 5.75 Å². The van der Waals surface area contributed by atoms with Gasteiger partial charge in [-0.3, -0.25) is 72.1 Å². The molecule has 594 valence electrons. The van der Waals surface area contributed by atoms with Crippen LogP contribution in [-0.2, 0) is 89.9 Å². The Labute approximate surface area is 638 Å². The molecule has 5 rings (SSSR count). The maximum absolute atomic E-state index is 14.9. The summed E-state index contributed by atoms with van der Waals surface area (Å²) in [7, 11) is 0. The average molecular weight is 1570 g/mol. The third-order valence-corrected chi connectivity index (χ3v) is 20.1. The van der Waals surface area contributed by atoms with E-state index in [9.17, 15) is 77.3 Å². The molecule has 1 fully saturated rings. The highest BCUT2D eigenvalue weighted by Gasteiger charge is 2.41. The van der Waals surface area contributed by atoms with Crippen LogP contribution in [0.15, 0.2) is 58.8 Å². The highest BCUT2D eigenvalue weighted by molar-refractivity contribution is 7.98. The zero-order valence-electron chi connectivity index (χ0n) is 61.3. The predicted molar refractivity (Wildman–Crippen MR) is 407 cm³/mol. The van der Waals surface area contributed by atoms with Crippen LogP contribution in [0.3, 0.4) is 0 Å². The Morgan fingerprint density at radius 3 is 1.96 bits per heavy atom. The largest absolute Gasteiger partial charge is 0.494 e. The van der Waals surface area contributed by atoms with E-state index >= 15 is 0 Å². The molecule has 0 spiro atoms. The second-order valence-corrected chi connectivity index (χ2v) is 29.1. The molecule has 2 aliphatic heterocycles. The summed E-state index contributed by atoms with van der Waals surface area (Å²) in [6.07, 6.45) is 6.00. The maximum atomic E-state index is 14.9. The summed E-state index contributed by atoms with van der Waals surface area (Å²) in [5.41, 5.74) is 25.3. The lowest BCUT2D eigenvalue weighted by atomic mass is 9.96. The number of thioether (sulfide) groups is 3. The molecule has 11 atom stereocenters. The molecule has 1 aromatic heterocycles. The molecule has 2 bridgehead atoms. The first-order chi connectivity index (χ1) is 51.5. The Morgan fingerprint density at radius 2 is 1.31 bits per heavy atom. The summed E-state index contributed by atoms with van der Waals surface area (Å²) in [5.74, 6) is -13.4. The van der Waals surface area contributed by atoms with Crippen molar-refractivity contribution >= 4 is 141 Å². The van der Waals surface area contributed by atoms with Crippen LogP contribution in [0, 0.1) is 5.92 Å². The number of carboxylic acid groups (broad SMARTS) is 2. The number of para-hydroxylation sites is 1.